The van der Waals surface area contributed by atoms with Gasteiger partial charge in [0.2, 0.25) is 5.91 Å². The molecule has 6 heteroatoms. The van der Waals surface area contributed by atoms with Crippen molar-refractivity contribution in [3.63, 3.8) is 0 Å². The van der Waals surface area contributed by atoms with Gasteiger partial charge in [-0.05, 0) is 38.6 Å². The second kappa shape index (κ2) is 7.87. The fourth-order valence-electron chi connectivity index (χ4n) is 2.24. The van der Waals surface area contributed by atoms with Crippen molar-refractivity contribution in [2.24, 2.45) is 0 Å². The van der Waals surface area contributed by atoms with E-state index >= 15 is 0 Å². The van der Waals surface area contributed by atoms with Crippen LogP contribution < -0.4 is 5.32 Å². The van der Waals surface area contributed by atoms with Gasteiger partial charge in [0, 0.05) is 43.5 Å². The fourth-order valence-corrected chi connectivity index (χ4v) is 2.24. The maximum atomic E-state index is 13.4. The molecule has 1 heterocycles. The van der Waals surface area contributed by atoms with Crippen LogP contribution in [0.5, 0.6) is 0 Å². The van der Waals surface area contributed by atoms with Gasteiger partial charge in [-0.3, -0.25) is 9.48 Å². The van der Waals surface area contributed by atoms with Crippen LogP contribution in [0, 0.1) is 12.7 Å². The standard InChI is InChI=1S/C17H23FN4O/c1-4-22-12-14(10-19-22)11-21(3)8-7-17(23)20-15-6-5-13(2)16(18)9-15/h5-6,9-10,12H,4,7-8,11H2,1-3H3,(H,20,23). The third-order valence-corrected chi connectivity index (χ3v) is 3.64. The van der Waals surface area contributed by atoms with Gasteiger partial charge in [0.15, 0.2) is 0 Å². The molecule has 0 saturated heterocycles. The first-order valence-electron chi connectivity index (χ1n) is 7.73. The minimum Gasteiger partial charge on any atom is -0.326 e. The molecule has 0 aliphatic rings. The van der Waals surface area contributed by atoms with Crippen molar-refractivity contribution in [3.05, 3.63) is 47.5 Å². The summed E-state index contributed by atoms with van der Waals surface area (Å²) < 4.78 is 15.3. The minimum atomic E-state index is -0.312. The van der Waals surface area contributed by atoms with Crippen LogP contribution in [0.3, 0.4) is 0 Å². The molecule has 23 heavy (non-hydrogen) atoms. The number of anilines is 1. The number of carbonyl (C=O) groups excluding carboxylic acids is 1. The largest absolute Gasteiger partial charge is 0.326 e. The molecular formula is C17H23FN4O. The van der Waals surface area contributed by atoms with E-state index in [0.717, 1.165) is 18.7 Å². The molecular weight excluding hydrogens is 295 g/mol. The van der Waals surface area contributed by atoms with Crippen LogP contribution in [-0.4, -0.2) is 34.2 Å². The van der Waals surface area contributed by atoms with E-state index in [2.05, 4.69) is 15.3 Å². The van der Waals surface area contributed by atoms with Crippen LogP contribution in [0.15, 0.2) is 30.6 Å². The van der Waals surface area contributed by atoms with Crippen molar-refractivity contribution in [2.45, 2.75) is 33.4 Å². The number of nitrogens with zero attached hydrogens (tertiary/aromatic N) is 3. The van der Waals surface area contributed by atoms with Crippen molar-refractivity contribution < 1.29 is 9.18 Å². The third kappa shape index (κ3) is 5.17. The topological polar surface area (TPSA) is 50.2 Å². The Kier molecular flexibility index (Phi) is 5.87. The summed E-state index contributed by atoms with van der Waals surface area (Å²) in [7, 11) is 1.96. The maximum Gasteiger partial charge on any atom is 0.225 e. The molecule has 1 amide bonds. The predicted molar refractivity (Wildman–Crippen MR) is 88.6 cm³/mol. The molecule has 0 radical (unpaired) electrons. The highest BCUT2D eigenvalue weighted by atomic mass is 19.1. The monoisotopic (exact) mass is 318 g/mol. The van der Waals surface area contributed by atoms with Gasteiger partial charge < -0.3 is 10.2 Å². The first kappa shape index (κ1) is 17.1. The fraction of sp³-hybridized carbons (Fsp3) is 0.412. The van der Waals surface area contributed by atoms with Crippen LogP contribution in [0.1, 0.15) is 24.5 Å². The van der Waals surface area contributed by atoms with Crippen LogP contribution >= 0.6 is 0 Å². The van der Waals surface area contributed by atoms with E-state index in [0.29, 0.717) is 24.2 Å². The Morgan fingerprint density at radius 2 is 2.22 bits per heavy atom. The zero-order chi connectivity index (χ0) is 16.8. The number of aromatic nitrogens is 2. The highest BCUT2D eigenvalue weighted by molar-refractivity contribution is 5.90. The van der Waals surface area contributed by atoms with Crippen molar-refractivity contribution in [2.75, 3.05) is 18.9 Å². The van der Waals surface area contributed by atoms with Gasteiger partial charge in [-0.25, -0.2) is 4.39 Å². The number of halogens is 1. The smallest absolute Gasteiger partial charge is 0.225 e. The van der Waals surface area contributed by atoms with E-state index in [9.17, 15) is 9.18 Å². The van der Waals surface area contributed by atoms with Gasteiger partial charge in [-0.1, -0.05) is 6.07 Å². The lowest BCUT2D eigenvalue weighted by atomic mass is 10.2. The molecule has 0 bridgehead atoms. The minimum absolute atomic E-state index is 0.121. The molecule has 2 aromatic rings. The Morgan fingerprint density at radius 1 is 1.43 bits per heavy atom. The van der Waals surface area contributed by atoms with Crippen molar-refractivity contribution in [1.29, 1.82) is 0 Å². The zero-order valence-corrected chi connectivity index (χ0v) is 13.8. The highest BCUT2D eigenvalue weighted by Crippen LogP contribution is 2.13. The van der Waals surface area contributed by atoms with Crippen LogP contribution in [0.4, 0.5) is 10.1 Å². The summed E-state index contributed by atoms with van der Waals surface area (Å²) in [6.07, 6.45) is 4.20. The second-order valence-corrected chi connectivity index (χ2v) is 5.70. The molecule has 124 valence electrons. The van der Waals surface area contributed by atoms with Gasteiger partial charge in [0.25, 0.3) is 0 Å². The summed E-state index contributed by atoms with van der Waals surface area (Å²) in [5.41, 5.74) is 2.18. The number of aryl methyl sites for hydroxylation is 2. The summed E-state index contributed by atoms with van der Waals surface area (Å²) in [6.45, 7) is 5.94. The number of hydrogen-bond donors (Lipinski definition) is 1. The predicted octanol–water partition coefficient (Wildman–Crippen LogP) is 2.81. The van der Waals surface area contributed by atoms with E-state index in [4.69, 9.17) is 0 Å². The van der Waals surface area contributed by atoms with Gasteiger partial charge in [-0.2, -0.15) is 5.10 Å². The van der Waals surface area contributed by atoms with Gasteiger partial charge in [-0.15, -0.1) is 0 Å². The molecule has 1 aromatic carbocycles. The zero-order valence-electron chi connectivity index (χ0n) is 13.8. The maximum absolute atomic E-state index is 13.4. The molecule has 0 aliphatic carbocycles. The van der Waals surface area contributed by atoms with Crippen molar-refractivity contribution in [1.82, 2.24) is 14.7 Å². The van der Waals surface area contributed by atoms with Gasteiger partial charge in [0.05, 0.1) is 6.20 Å². The number of hydrogen-bond acceptors (Lipinski definition) is 3. The normalized spacial score (nSPS) is 11.0. The third-order valence-electron chi connectivity index (χ3n) is 3.64. The first-order valence-corrected chi connectivity index (χ1v) is 7.73. The summed E-state index contributed by atoms with van der Waals surface area (Å²) in [5.74, 6) is -0.433. The summed E-state index contributed by atoms with van der Waals surface area (Å²) >= 11 is 0. The first-order chi connectivity index (χ1) is 11.0. The lowest BCUT2D eigenvalue weighted by Crippen LogP contribution is -2.24. The molecule has 0 fully saturated rings. The average molecular weight is 318 g/mol. The molecule has 0 aliphatic heterocycles. The molecule has 0 unspecified atom stereocenters. The SMILES string of the molecule is CCn1cc(CN(C)CCC(=O)Nc2ccc(C)c(F)c2)cn1. The summed E-state index contributed by atoms with van der Waals surface area (Å²) in [4.78, 5) is 14.0. The molecule has 0 atom stereocenters. The summed E-state index contributed by atoms with van der Waals surface area (Å²) in [6, 6.07) is 4.71. The van der Waals surface area contributed by atoms with E-state index in [1.54, 1.807) is 19.1 Å². The highest BCUT2D eigenvalue weighted by Gasteiger charge is 2.08. The van der Waals surface area contributed by atoms with E-state index in [1.165, 1.54) is 6.07 Å². The molecule has 2 rings (SSSR count). The number of nitrogens with one attached hydrogen (secondary N) is 1. The number of carbonyl (C=O) groups is 1. The van der Waals surface area contributed by atoms with Crippen molar-refractivity contribution >= 4 is 11.6 Å². The Hall–Kier alpha value is -2.21. The van der Waals surface area contributed by atoms with E-state index in [-0.39, 0.29) is 11.7 Å². The van der Waals surface area contributed by atoms with Gasteiger partial charge in [0.1, 0.15) is 5.82 Å². The molecule has 0 spiro atoms. The van der Waals surface area contributed by atoms with Crippen LogP contribution in [0.2, 0.25) is 0 Å². The summed E-state index contributed by atoms with van der Waals surface area (Å²) in [5, 5.41) is 6.95. The molecule has 1 N–H and O–H groups in total. The van der Waals surface area contributed by atoms with E-state index < -0.39 is 0 Å². The lowest BCUT2D eigenvalue weighted by molar-refractivity contribution is -0.116. The molecule has 5 nitrogen and oxygen atoms in total. The number of amides is 1. The van der Waals surface area contributed by atoms with Gasteiger partial charge >= 0.3 is 0 Å². The second-order valence-electron chi connectivity index (χ2n) is 5.70. The Labute approximate surface area is 136 Å². The molecule has 0 saturated carbocycles. The van der Waals surface area contributed by atoms with Crippen LogP contribution in [-0.2, 0) is 17.9 Å². The van der Waals surface area contributed by atoms with Crippen LogP contribution in [0.25, 0.3) is 0 Å². The Balaban J connectivity index is 1.77. The number of rotatable bonds is 7. The average Bonchev–Trinajstić information content (AvgIpc) is 2.96. The quantitative estimate of drug-likeness (QED) is 0.854. The lowest BCUT2D eigenvalue weighted by Gasteiger charge is -2.15. The van der Waals surface area contributed by atoms with E-state index in [1.807, 2.05) is 31.0 Å². The number of benzene rings is 1. The Bertz CT molecular complexity index is 668. The molecule has 1 aromatic heterocycles. The Morgan fingerprint density at radius 3 is 2.87 bits per heavy atom. The van der Waals surface area contributed by atoms with Crippen molar-refractivity contribution in [3.8, 4) is 0 Å².